The largest absolute Gasteiger partial charge is 0.380 e. The maximum atomic E-state index is 12.9. The monoisotopic (exact) mass is 477 g/mol. The Kier molecular flexibility index (Phi) is 7.95. The van der Waals surface area contributed by atoms with Crippen molar-refractivity contribution in [1.82, 2.24) is 5.32 Å². The van der Waals surface area contributed by atoms with Crippen molar-refractivity contribution < 1.29 is 14.3 Å². The lowest BCUT2D eigenvalue weighted by Gasteiger charge is -2.24. The standard InChI is InChI=1S/C22H25Cl2N5O3/c1-13(30)27-20-17(23)8-14(9-18(20)24)11-26-22(25)28-21(31)19-10-16(32-2)12-29(19)15-6-4-3-5-7-15/h3-9,16,19H,10-12H2,1-2H3,(H,27,30)(H3,25,26,28,31)/t16-,19+/m1/s1. The molecule has 0 saturated carbocycles. The minimum absolute atomic E-state index is 0.0120. The van der Waals surface area contributed by atoms with Crippen molar-refractivity contribution >= 4 is 52.4 Å². The van der Waals surface area contributed by atoms with Gasteiger partial charge in [0.1, 0.15) is 6.04 Å². The summed E-state index contributed by atoms with van der Waals surface area (Å²) in [6, 6.07) is 12.5. The summed E-state index contributed by atoms with van der Waals surface area (Å²) in [6.07, 6.45) is 0.455. The first-order valence-corrected chi connectivity index (χ1v) is 10.8. The third-order valence-electron chi connectivity index (χ3n) is 5.08. The number of nitrogens with one attached hydrogen (secondary N) is 2. The number of hydrogen-bond donors (Lipinski definition) is 3. The van der Waals surface area contributed by atoms with Crippen molar-refractivity contribution in [1.29, 1.82) is 0 Å². The Morgan fingerprint density at radius 3 is 2.47 bits per heavy atom. The van der Waals surface area contributed by atoms with Gasteiger partial charge < -0.3 is 26.0 Å². The summed E-state index contributed by atoms with van der Waals surface area (Å²) >= 11 is 12.4. The molecule has 2 atom stereocenters. The van der Waals surface area contributed by atoms with E-state index in [4.69, 9.17) is 33.7 Å². The maximum absolute atomic E-state index is 12.9. The molecule has 170 valence electrons. The SMILES string of the molecule is CO[C@@H]1C[C@@H](C(=O)/N=C(/N)NCc2cc(Cl)c(NC(C)=O)c(Cl)c2)N(c2ccccc2)C1. The Labute approximate surface area is 196 Å². The van der Waals surface area contributed by atoms with Gasteiger partial charge in [-0.15, -0.1) is 0 Å². The Balaban J connectivity index is 1.68. The van der Waals surface area contributed by atoms with E-state index in [1.807, 2.05) is 35.2 Å². The van der Waals surface area contributed by atoms with Crippen molar-refractivity contribution in [3.05, 3.63) is 58.1 Å². The molecule has 3 rings (SSSR count). The molecule has 1 aliphatic heterocycles. The highest BCUT2D eigenvalue weighted by Gasteiger charge is 2.37. The summed E-state index contributed by atoms with van der Waals surface area (Å²) in [5.41, 5.74) is 7.94. The van der Waals surface area contributed by atoms with Crippen LogP contribution in [0.4, 0.5) is 11.4 Å². The van der Waals surface area contributed by atoms with Crippen LogP contribution in [0.1, 0.15) is 18.9 Å². The Morgan fingerprint density at radius 2 is 1.88 bits per heavy atom. The van der Waals surface area contributed by atoms with Gasteiger partial charge in [-0.05, 0) is 29.8 Å². The molecule has 10 heteroatoms. The first-order valence-electron chi connectivity index (χ1n) is 10.00. The summed E-state index contributed by atoms with van der Waals surface area (Å²) in [5, 5.41) is 6.08. The van der Waals surface area contributed by atoms with E-state index in [1.54, 1.807) is 19.2 Å². The molecule has 1 aliphatic rings. The molecule has 8 nitrogen and oxygen atoms in total. The molecule has 0 spiro atoms. The van der Waals surface area contributed by atoms with Crippen LogP contribution in [0.15, 0.2) is 47.5 Å². The smallest absolute Gasteiger partial charge is 0.271 e. The molecule has 1 fully saturated rings. The molecular formula is C22H25Cl2N5O3. The molecule has 0 unspecified atom stereocenters. The summed E-state index contributed by atoms with van der Waals surface area (Å²) in [6.45, 7) is 2.21. The molecule has 4 N–H and O–H groups in total. The second kappa shape index (κ2) is 10.7. The van der Waals surface area contributed by atoms with Crippen LogP contribution in [0.3, 0.4) is 0 Å². The number of benzene rings is 2. The number of para-hydroxylation sites is 1. The van der Waals surface area contributed by atoms with Gasteiger partial charge in [-0.3, -0.25) is 9.59 Å². The van der Waals surface area contributed by atoms with Crippen LogP contribution in [0.25, 0.3) is 0 Å². The van der Waals surface area contributed by atoms with Crippen molar-refractivity contribution in [2.24, 2.45) is 10.7 Å². The first kappa shape index (κ1) is 23.8. The average molecular weight is 478 g/mol. The molecule has 2 aromatic rings. The van der Waals surface area contributed by atoms with Gasteiger partial charge in [0, 0.05) is 39.2 Å². The fraction of sp³-hybridized carbons (Fsp3) is 0.318. The highest BCUT2D eigenvalue weighted by Crippen LogP contribution is 2.32. The zero-order valence-electron chi connectivity index (χ0n) is 17.8. The number of hydrogen-bond acceptors (Lipinski definition) is 4. The van der Waals surface area contributed by atoms with Crippen molar-refractivity contribution in [2.75, 3.05) is 23.9 Å². The number of carbonyl (C=O) groups excluding carboxylic acids is 2. The molecule has 2 amide bonds. The van der Waals surface area contributed by atoms with Gasteiger partial charge >= 0.3 is 0 Å². The minimum atomic E-state index is -0.469. The van der Waals surface area contributed by atoms with Crippen LogP contribution in [0.2, 0.25) is 10.0 Å². The van der Waals surface area contributed by atoms with Crippen molar-refractivity contribution in [3.8, 4) is 0 Å². The number of nitrogens with two attached hydrogens (primary N) is 1. The molecule has 1 saturated heterocycles. The number of amides is 2. The average Bonchev–Trinajstić information content (AvgIpc) is 3.20. The van der Waals surface area contributed by atoms with Gasteiger partial charge in [-0.25, -0.2) is 0 Å². The fourth-order valence-corrected chi connectivity index (χ4v) is 4.18. The molecule has 0 bridgehead atoms. The van der Waals surface area contributed by atoms with Crippen LogP contribution in [-0.2, 0) is 20.9 Å². The predicted molar refractivity (Wildman–Crippen MR) is 127 cm³/mol. The third-order valence-corrected chi connectivity index (χ3v) is 5.67. The number of ether oxygens (including phenoxy) is 1. The van der Waals surface area contributed by atoms with Gasteiger partial charge in [0.2, 0.25) is 5.91 Å². The normalized spacial score (nSPS) is 18.5. The van der Waals surface area contributed by atoms with Gasteiger partial charge in [0.05, 0.1) is 21.8 Å². The first-order chi connectivity index (χ1) is 15.3. The molecule has 0 aromatic heterocycles. The lowest BCUT2D eigenvalue weighted by atomic mass is 10.2. The predicted octanol–water partition coefficient (Wildman–Crippen LogP) is 3.18. The van der Waals surface area contributed by atoms with Crippen LogP contribution >= 0.6 is 23.2 Å². The topological polar surface area (TPSA) is 109 Å². The summed E-state index contributed by atoms with van der Waals surface area (Å²) in [7, 11) is 1.63. The second-order valence-electron chi connectivity index (χ2n) is 7.40. The number of nitrogens with zero attached hydrogens (tertiary/aromatic N) is 2. The highest BCUT2D eigenvalue weighted by molar-refractivity contribution is 6.39. The summed E-state index contributed by atoms with van der Waals surface area (Å²) < 4.78 is 5.47. The van der Waals surface area contributed by atoms with Crippen molar-refractivity contribution in [3.63, 3.8) is 0 Å². The van der Waals surface area contributed by atoms with Gasteiger partial charge in [0.15, 0.2) is 5.96 Å². The van der Waals surface area contributed by atoms with Crippen molar-refractivity contribution in [2.45, 2.75) is 32.0 Å². The van der Waals surface area contributed by atoms with E-state index >= 15 is 0 Å². The van der Waals surface area contributed by atoms with Gasteiger partial charge in [-0.2, -0.15) is 4.99 Å². The molecule has 0 radical (unpaired) electrons. The minimum Gasteiger partial charge on any atom is -0.380 e. The van der Waals surface area contributed by atoms with Crippen LogP contribution in [0, 0.1) is 0 Å². The molecule has 0 aliphatic carbocycles. The highest BCUT2D eigenvalue weighted by atomic mass is 35.5. The van der Waals surface area contributed by atoms with Gasteiger partial charge in [-0.1, -0.05) is 41.4 Å². The molecule has 1 heterocycles. The van der Waals surface area contributed by atoms with Gasteiger partial charge in [0.25, 0.3) is 5.91 Å². The molecule has 2 aromatic carbocycles. The summed E-state index contributed by atoms with van der Waals surface area (Å²) in [4.78, 5) is 30.2. The third kappa shape index (κ3) is 5.91. The number of anilines is 2. The number of rotatable bonds is 6. The number of halogens is 2. The van der Waals surface area contributed by atoms with Crippen LogP contribution in [0.5, 0.6) is 0 Å². The number of carbonyl (C=O) groups is 2. The zero-order valence-corrected chi connectivity index (χ0v) is 19.3. The Morgan fingerprint density at radius 1 is 1.22 bits per heavy atom. The zero-order chi connectivity index (χ0) is 23.3. The van der Waals surface area contributed by atoms with E-state index in [2.05, 4.69) is 15.6 Å². The number of methoxy groups -OCH3 is 1. The molecule has 32 heavy (non-hydrogen) atoms. The lowest BCUT2D eigenvalue weighted by molar-refractivity contribution is -0.119. The quantitative estimate of drug-likeness (QED) is 0.435. The van der Waals surface area contributed by atoms with Crippen LogP contribution in [-0.4, -0.2) is 43.6 Å². The second-order valence-corrected chi connectivity index (χ2v) is 8.22. The maximum Gasteiger partial charge on any atom is 0.271 e. The van der Waals surface area contributed by atoms with E-state index in [0.29, 0.717) is 34.3 Å². The lowest BCUT2D eigenvalue weighted by Crippen LogP contribution is -2.38. The van der Waals surface area contributed by atoms with E-state index in [0.717, 1.165) is 5.69 Å². The number of guanidine groups is 1. The van der Waals surface area contributed by atoms with Crippen LogP contribution < -0.4 is 21.3 Å². The number of aliphatic imine (C=N–C) groups is 1. The fourth-order valence-electron chi connectivity index (χ4n) is 3.56. The summed E-state index contributed by atoms with van der Waals surface area (Å²) in [5.74, 6) is -0.640. The molecular weight excluding hydrogens is 453 g/mol. The Hall–Kier alpha value is -2.81. The van der Waals surface area contributed by atoms with E-state index in [9.17, 15) is 9.59 Å². The van der Waals surface area contributed by atoms with E-state index in [-0.39, 0.29) is 30.4 Å². The van der Waals surface area contributed by atoms with E-state index in [1.165, 1.54) is 6.92 Å². The van der Waals surface area contributed by atoms with E-state index < -0.39 is 6.04 Å². The Bertz CT molecular complexity index is 993.